The fraction of sp³-hybridized carbons (Fsp3) is 0.391. The van der Waals surface area contributed by atoms with E-state index in [1.54, 1.807) is 18.2 Å². The molecule has 3 heterocycles. The van der Waals surface area contributed by atoms with E-state index in [4.69, 9.17) is 0 Å². The number of anilines is 1. The molecule has 3 aromatic rings. The van der Waals surface area contributed by atoms with E-state index in [1.807, 2.05) is 38.1 Å². The fourth-order valence-electron chi connectivity index (χ4n) is 5.01. The summed E-state index contributed by atoms with van der Waals surface area (Å²) < 4.78 is 29.4. The van der Waals surface area contributed by atoms with Crippen molar-refractivity contribution in [3.63, 3.8) is 0 Å². The van der Waals surface area contributed by atoms with Crippen molar-refractivity contribution >= 4 is 26.4 Å². The van der Waals surface area contributed by atoms with Gasteiger partial charge in [0.25, 0.3) is 0 Å². The van der Waals surface area contributed by atoms with Gasteiger partial charge >= 0.3 is 0 Å². The SMILES string of the molecule is CC(C)Nc1ccccc1S(=O)(=O)c1ccc2c(c1)c1c(n2C)CC2CCC1N2. The lowest BCUT2D eigenvalue weighted by Crippen LogP contribution is -2.32. The largest absolute Gasteiger partial charge is 0.382 e. The van der Waals surface area contributed by atoms with Crippen LogP contribution in [0.3, 0.4) is 0 Å². The summed E-state index contributed by atoms with van der Waals surface area (Å²) >= 11 is 0. The summed E-state index contributed by atoms with van der Waals surface area (Å²) in [7, 11) is -1.53. The van der Waals surface area contributed by atoms with Crippen molar-refractivity contribution in [1.82, 2.24) is 9.88 Å². The third-order valence-electron chi connectivity index (χ3n) is 6.30. The molecule has 2 aliphatic heterocycles. The van der Waals surface area contributed by atoms with Gasteiger partial charge in [0.05, 0.1) is 15.5 Å². The van der Waals surface area contributed by atoms with Gasteiger partial charge in [-0.25, -0.2) is 8.42 Å². The first kappa shape index (κ1) is 18.7. The van der Waals surface area contributed by atoms with Crippen LogP contribution in [0.2, 0.25) is 0 Å². The molecule has 1 aromatic heterocycles. The molecule has 2 aromatic carbocycles. The minimum atomic E-state index is -3.63. The number of hydrogen-bond acceptors (Lipinski definition) is 4. The molecule has 152 valence electrons. The van der Waals surface area contributed by atoms with Crippen molar-refractivity contribution in [3.8, 4) is 0 Å². The van der Waals surface area contributed by atoms with Gasteiger partial charge in [0, 0.05) is 48.2 Å². The number of fused-ring (bicyclic) bond motifs is 6. The number of para-hydroxylation sites is 1. The zero-order valence-electron chi connectivity index (χ0n) is 17.1. The number of hydrogen-bond donors (Lipinski definition) is 2. The Morgan fingerprint density at radius 2 is 1.93 bits per heavy atom. The molecule has 2 atom stereocenters. The molecule has 0 radical (unpaired) electrons. The third kappa shape index (κ3) is 2.89. The first-order valence-corrected chi connectivity index (χ1v) is 11.8. The van der Waals surface area contributed by atoms with Crippen LogP contribution < -0.4 is 10.6 Å². The second kappa shape index (κ2) is 6.61. The van der Waals surface area contributed by atoms with Gasteiger partial charge in [-0.05, 0) is 62.6 Å². The Bertz CT molecular complexity index is 1210. The number of aromatic nitrogens is 1. The maximum atomic E-state index is 13.6. The Labute approximate surface area is 172 Å². The number of benzene rings is 2. The monoisotopic (exact) mass is 409 g/mol. The Kier molecular flexibility index (Phi) is 4.26. The molecule has 1 saturated heterocycles. The molecule has 2 unspecified atom stereocenters. The van der Waals surface area contributed by atoms with Crippen molar-refractivity contribution in [1.29, 1.82) is 0 Å². The first-order valence-electron chi connectivity index (χ1n) is 10.3. The molecule has 5 nitrogen and oxygen atoms in total. The van der Waals surface area contributed by atoms with Gasteiger partial charge in [0.1, 0.15) is 0 Å². The first-order chi connectivity index (χ1) is 13.9. The van der Waals surface area contributed by atoms with Gasteiger partial charge in [0.15, 0.2) is 0 Å². The standard InChI is InChI=1S/C23H27N3O2S/c1-14(2)24-18-6-4-5-7-22(18)29(27,28)16-9-11-20-17(13-16)23-19-10-8-15(25-19)12-21(23)26(20)3/h4-7,9,11,13-15,19,24-25H,8,10,12H2,1-3H3. The highest BCUT2D eigenvalue weighted by molar-refractivity contribution is 7.91. The molecule has 2 aliphatic rings. The van der Waals surface area contributed by atoms with Crippen LogP contribution in [0.4, 0.5) is 5.69 Å². The summed E-state index contributed by atoms with van der Waals surface area (Å²) in [6, 6.07) is 13.8. The lowest BCUT2D eigenvalue weighted by atomic mass is 9.99. The van der Waals surface area contributed by atoms with Crippen LogP contribution in [-0.2, 0) is 23.3 Å². The zero-order valence-corrected chi connectivity index (χ0v) is 17.9. The van der Waals surface area contributed by atoms with E-state index in [9.17, 15) is 8.42 Å². The van der Waals surface area contributed by atoms with Gasteiger partial charge in [-0.1, -0.05) is 12.1 Å². The van der Waals surface area contributed by atoms with Crippen molar-refractivity contribution in [2.24, 2.45) is 7.05 Å². The van der Waals surface area contributed by atoms with Gasteiger partial charge in [0.2, 0.25) is 9.84 Å². The fourth-order valence-corrected chi connectivity index (χ4v) is 6.46. The summed E-state index contributed by atoms with van der Waals surface area (Å²) in [5.41, 5.74) is 4.40. The van der Waals surface area contributed by atoms with Crippen LogP contribution >= 0.6 is 0 Å². The normalized spacial score (nSPS) is 21.0. The van der Waals surface area contributed by atoms with Crippen molar-refractivity contribution in [2.45, 2.75) is 61.0 Å². The van der Waals surface area contributed by atoms with Crippen LogP contribution in [0.25, 0.3) is 10.9 Å². The predicted molar refractivity (Wildman–Crippen MR) is 116 cm³/mol. The van der Waals surface area contributed by atoms with E-state index < -0.39 is 9.84 Å². The molecule has 5 rings (SSSR count). The summed E-state index contributed by atoms with van der Waals surface area (Å²) in [5.74, 6) is 0. The van der Waals surface area contributed by atoms with Crippen molar-refractivity contribution in [3.05, 3.63) is 53.7 Å². The topological polar surface area (TPSA) is 63.1 Å². The number of sulfone groups is 1. The summed E-state index contributed by atoms with van der Waals surface area (Å²) in [6.45, 7) is 4.02. The molecule has 0 amide bonds. The van der Waals surface area contributed by atoms with Gasteiger partial charge in [-0.2, -0.15) is 0 Å². The molecule has 0 spiro atoms. The number of rotatable bonds is 4. The number of aryl methyl sites for hydroxylation is 1. The minimum Gasteiger partial charge on any atom is -0.382 e. The lowest BCUT2D eigenvalue weighted by Gasteiger charge is -2.23. The second-order valence-corrected chi connectivity index (χ2v) is 10.5. The van der Waals surface area contributed by atoms with E-state index >= 15 is 0 Å². The molecule has 6 heteroatoms. The van der Waals surface area contributed by atoms with Crippen molar-refractivity contribution < 1.29 is 8.42 Å². The van der Waals surface area contributed by atoms with Crippen LogP contribution in [0.15, 0.2) is 52.3 Å². The molecule has 2 N–H and O–H groups in total. The average molecular weight is 410 g/mol. The summed E-state index contributed by atoms with van der Waals surface area (Å²) in [5, 5.41) is 8.03. The van der Waals surface area contributed by atoms with Crippen LogP contribution in [0.1, 0.15) is 44.0 Å². The highest BCUT2D eigenvalue weighted by Crippen LogP contribution is 2.42. The predicted octanol–water partition coefficient (Wildman–Crippen LogP) is 4.18. The van der Waals surface area contributed by atoms with E-state index in [-0.39, 0.29) is 6.04 Å². The molecular weight excluding hydrogens is 382 g/mol. The maximum absolute atomic E-state index is 13.6. The van der Waals surface area contributed by atoms with E-state index in [1.165, 1.54) is 17.7 Å². The van der Waals surface area contributed by atoms with Crippen LogP contribution in [0.5, 0.6) is 0 Å². The van der Waals surface area contributed by atoms with Crippen LogP contribution in [0, 0.1) is 0 Å². The Balaban J connectivity index is 1.67. The lowest BCUT2D eigenvalue weighted by molar-refractivity contribution is 0.503. The molecule has 0 saturated carbocycles. The number of nitrogens with zero attached hydrogens (tertiary/aromatic N) is 1. The average Bonchev–Trinajstić information content (AvgIpc) is 3.20. The van der Waals surface area contributed by atoms with E-state index in [0.29, 0.717) is 27.6 Å². The Morgan fingerprint density at radius 1 is 1.14 bits per heavy atom. The highest BCUT2D eigenvalue weighted by Gasteiger charge is 2.36. The Hall–Kier alpha value is -2.31. The third-order valence-corrected chi connectivity index (χ3v) is 8.10. The van der Waals surface area contributed by atoms with E-state index in [0.717, 1.165) is 23.7 Å². The van der Waals surface area contributed by atoms with E-state index in [2.05, 4.69) is 22.2 Å². The second-order valence-electron chi connectivity index (χ2n) is 8.59. The molecular formula is C23H27N3O2S. The van der Waals surface area contributed by atoms with Crippen molar-refractivity contribution in [2.75, 3.05) is 5.32 Å². The quantitative estimate of drug-likeness (QED) is 0.679. The summed E-state index contributed by atoms with van der Waals surface area (Å²) in [4.78, 5) is 0.688. The van der Waals surface area contributed by atoms with Gasteiger partial charge < -0.3 is 15.2 Å². The van der Waals surface area contributed by atoms with Gasteiger partial charge in [-0.3, -0.25) is 0 Å². The number of nitrogens with one attached hydrogen (secondary N) is 2. The minimum absolute atomic E-state index is 0.149. The van der Waals surface area contributed by atoms with Crippen LogP contribution in [-0.4, -0.2) is 25.1 Å². The summed E-state index contributed by atoms with van der Waals surface area (Å²) in [6.07, 6.45) is 3.32. The molecule has 1 fully saturated rings. The highest BCUT2D eigenvalue weighted by atomic mass is 32.2. The zero-order chi connectivity index (χ0) is 20.3. The molecule has 2 bridgehead atoms. The molecule has 0 aliphatic carbocycles. The van der Waals surface area contributed by atoms with Gasteiger partial charge in [-0.15, -0.1) is 0 Å². The molecule has 29 heavy (non-hydrogen) atoms. The smallest absolute Gasteiger partial charge is 0.208 e. The maximum Gasteiger partial charge on any atom is 0.208 e. The Morgan fingerprint density at radius 3 is 2.72 bits per heavy atom.